The zero-order chi connectivity index (χ0) is 20.8. The molecular formula is C24H32ClN3O. The van der Waals surface area contributed by atoms with E-state index < -0.39 is 0 Å². The van der Waals surface area contributed by atoms with Gasteiger partial charge in [0.05, 0.1) is 23.8 Å². The van der Waals surface area contributed by atoms with Crippen molar-refractivity contribution in [3.8, 4) is 5.75 Å². The minimum absolute atomic E-state index is 0.603. The van der Waals surface area contributed by atoms with E-state index in [2.05, 4.69) is 43.1 Å². The van der Waals surface area contributed by atoms with Crippen molar-refractivity contribution in [3.05, 3.63) is 41.4 Å². The first-order chi connectivity index (χ1) is 14.1. The van der Waals surface area contributed by atoms with Crippen molar-refractivity contribution < 1.29 is 4.74 Å². The van der Waals surface area contributed by atoms with Crippen molar-refractivity contribution in [3.63, 3.8) is 0 Å². The number of anilines is 1. The van der Waals surface area contributed by atoms with Crippen molar-refractivity contribution >= 4 is 39.1 Å². The van der Waals surface area contributed by atoms with Crippen LogP contribution >= 0.6 is 11.6 Å². The van der Waals surface area contributed by atoms with E-state index in [0.29, 0.717) is 11.1 Å². The molecule has 4 nitrogen and oxygen atoms in total. The summed E-state index contributed by atoms with van der Waals surface area (Å²) in [4.78, 5) is 7.39. The second kappa shape index (κ2) is 10.1. The van der Waals surface area contributed by atoms with Gasteiger partial charge in [-0.2, -0.15) is 0 Å². The van der Waals surface area contributed by atoms with Gasteiger partial charge in [-0.15, -0.1) is 0 Å². The Morgan fingerprint density at radius 2 is 1.86 bits per heavy atom. The quantitative estimate of drug-likeness (QED) is 0.392. The molecule has 0 radical (unpaired) electrons. The lowest BCUT2D eigenvalue weighted by Gasteiger charge is -2.29. The summed E-state index contributed by atoms with van der Waals surface area (Å²) in [6.07, 6.45) is 3.62. The van der Waals surface area contributed by atoms with Crippen LogP contribution in [0.3, 0.4) is 0 Å². The van der Waals surface area contributed by atoms with Gasteiger partial charge in [-0.1, -0.05) is 31.9 Å². The van der Waals surface area contributed by atoms with Gasteiger partial charge >= 0.3 is 0 Å². The molecule has 3 rings (SSSR count). The summed E-state index contributed by atoms with van der Waals surface area (Å²) in [6.45, 7) is 9.86. The third-order valence-electron chi connectivity index (χ3n) is 5.48. The minimum atomic E-state index is 0.603. The highest BCUT2D eigenvalue weighted by molar-refractivity contribution is 6.31. The highest BCUT2D eigenvalue weighted by atomic mass is 35.5. The fourth-order valence-electron chi connectivity index (χ4n) is 3.98. The second-order valence-corrected chi connectivity index (χ2v) is 8.07. The highest BCUT2D eigenvalue weighted by Gasteiger charge is 2.14. The molecule has 0 amide bonds. The maximum absolute atomic E-state index is 6.23. The van der Waals surface area contributed by atoms with Crippen LogP contribution in [-0.2, 0) is 0 Å². The van der Waals surface area contributed by atoms with E-state index in [9.17, 15) is 0 Å². The molecule has 156 valence electrons. The van der Waals surface area contributed by atoms with Crippen molar-refractivity contribution in [2.45, 2.75) is 46.1 Å². The van der Waals surface area contributed by atoms with E-state index in [-0.39, 0.29) is 0 Å². The number of rotatable bonds is 10. The van der Waals surface area contributed by atoms with E-state index >= 15 is 0 Å². The van der Waals surface area contributed by atoms with E-state index in [4.69, 9.17) is 21.3 Å². The Morgan fingerprint density at radius 1 is 1.03 bits per heavy atom. The number of ether oxygens (including phenoxy) is 1. The molecule has 5 heteroatoms. The highest BCUT2D eigenvalue weighted by Crippen LogP contribution is 2.34. The Morgan fingerprint density at radius 3 is 2.59 bits per heavy atom. The van der Waals surface area contributed by atoms with E-state index in [1.54, 1.807) is 7.11 Å². The van der Waals surface area contributed by atoms with Gasteiger partial charge in [-0.3, -0.25) is 4.90 Å². The number of aromatic nitrogens is 1. The monoisotopic (exact) mass is 413 g/mol. The van der Waals surface area contributed by atoms with Gasteiger partial charge in [-0.05, 0) is 62.7 Å². The first kappa shape index (κ1) is 21.7. The molecule has 3 aromatic rings. The molecule has 0 saturated carbocycles. The zero-order valence-electron chi connectivity index (χ0n) is 18.0. The number of benzene rings is 2. The average Bonchev–Trinajstić information content (AvgIpc) is 2.72. The molecule has 1 unspecified atom stereocenters. The summed E-state index contributed by atoms with van der Waals surface area (Å²) >= 11 is 6.23. The first-order valence-corrected chi connectivity index (χ1v) is 11.0. The van der Waals surface area contributed by atoms with Crippen LogP contribution in [0, 0.1) is 0 Å². The van der Waals surface area contributed by atoms with E-state index in [1.165, 1.54) is 19.3 Å². The minimum Gasteiger partial charge on any atom is -0.497 e. The summed E-state index contributed by atoms with van der Waals surface area (Å²) in [7, 11) is 1.69. The largest absolute Gasteiger partial charge is 0.497 e. The number of halogens is 1. The Labute approximate surface area is 179 Å². The van der Waals surface area contributed by atoms with E-state index in [0.717, 1.165) is 52.9 Å². The fraction of sp³-hybridized carbons (Fsp3) is 0.458. The van der Waals surface area contributed by atoms with Crippen LogP contribution in [0.1, 0.15) is 40.0 Å². The van der Waals surface area contributed by atoms with Crippen molar-refractivity contribution in [1.82, 2.24) is 9.88 Å². The van der Waals surface area contributed by atoms with Crippen LogP contribution in [0.15, 0.2) is 36.4 Å². The lowest BCUT2D eigenvalue weighted by atomic mass is 10.1. The first-order valence-electron chi connectivity index (χ1n) is 10.6. The molecule has 1 N–H and O–H groups in total. The lowest BCUT2D eigenvalue weighted by Crippen LogP contribution is -2.37. The van der Waals surface area contributed by atoms with Gasteiger partial charge in [-0.25, -0.2) is 4.98 Å². The Balaban J connectivity index is 1.93. The molecular weight excluding hydrogens is 382 g/mol. The van der Waals surface area contributed by atoms with Crippen LogP contribution in [0.2, 0.25) is 5.02 Å². The predicted molar refractivity (Wildman–Crippen MR) is 126 cm³/mol. The maximum Gasteiger partial charge on any atom is 0.119 e. The molecule has 0 aliphatic rings. The maximum atomic E-state index is 6.23. The molecule has 1 aromatic heterocycles. The number of nitrogens with zero attached hydrogens (tertiary/aromatic N) is 2. The Bertz CT molecular complexity index is 960. The normalized spacial score (nSPS) is 12.6. The third kappa shape index (κ3) is 5.12. The number of nitrogens with one attached hydrogen (secondary N) is 1. The fourth-order valence-corrected chi connectivity index (χ4v) is 4.14. The summed E-state index contributed by atoms with van der Waals surface area (Å²) in [5, 5.41) is 6.56. The molecule has 29 heavy (non-hydrogen) atoms. The average molecular weight is 414 g/mol. The van der Waals surface area contributed by atoms with Gasteiger partial charge in [0.25, 0.3) is 0 Å². The number of hydrogen-bond donors (Lipinski definition) is 1. The molecule has 1 atom stereocenters. The summed E-state index contributed by atoms with van der Waals surface area (Å²) < 4.78 is 5.46. The Hall–Kier alpha value is -2.04. The summed E-state index contributed by atoms with van der Waals surface area (Å²) in [6, 6.07) is 12.5. The van der Waals surface area contributed by atoms with Crippen LogP contribution < -0.4 is 10.1 Å². The van der Waals surface area contributed by atoms with Crippen LogP contribution in [-0.4, -0.2) is 42.7 Å². The third-order valence-corrected chi connectivity index (χ3v) is 5.72. The second-order valence-electron chi connectivity index (χ2n) is 7.63. The van der Waals surface area contributed by atoms with Crippen molar-refractivity contribution in [2.75, 3.05) is 32.1 Å². The smallest absolute Gasteiger partial charge is 0.119 e. The predicted octanol–water partition coefficient (Wildman–Crippen LogP) is 6.36. The SMILES string of the molecule is CCCC(C)N(CCC)CCNc1c2ccc(Cl)cc2nc2ccc(OC)cc12. The van der Waals surface area contributed by atoms with Crippen LogP contribution in [0.25, 0.3) is 21.8 Å². The molecule has 0 saturated heterocycles. The van der Waals surface area contributed by atoms with Crippen molar-refractivity contribution in [2.24, 2.45) is 0 Å². The summed E-state index contributed by atoms with van der Waals surface area (Å²) in [5.74, 6) is 0.833. The Kier molecular flexibility index (Phi) is 7.57. The van der Waals surface area contributed by atoms with Gasteiger partial charge in [0, 0.05) is 34.9 Å². The zero-order valence-corrected chi connectivity index (χ0v) is 18.7. The number of pyridine rings is 1. The van der Waals surface area contributed by atoms with Crippen molar-refractivity contribution in [1.29, 1.82) is 0 Å². The lowest BCUT2D eigenvalue weighted by molar-refractivity contribution is 0.206. The van der Waals surface area contributed by atoms with Gasteiger partial charge in [0.15, 0.2) is 0 Å². The van der Waals surface area contributed by atoms with Crippen LogP contribution in [0.4, 0.5) is 5.69 Å². The van der Waals surface area contributed by atoms with Gasteiger partial charge in [0.2, 0.25) is 0 Å². The molecule has 0 bridgehead atoms. The number of fused-ring (bicyclic) bond motifs is 2. The standard InChI is InChI=1S/C24H32ClN3O/c1-5-7-17(3)28(13-6-2)14-12-26-24-20-10-8-18(25)15-23(20)27-22-11-9-19(29-4)16-21(22)24/h8-11,15-17H,5-7,12-14H2,1-4H3,(H,26,27). The van der Waals surface area contributed by atoms with Gasteiger partial charge < -0.3 is 10.1 Å². The molecule has 0 spiro atoms. The summed E-state index contributed by atoms with van der Waals surface area (Å²) in [5.41, 5.74) is 2.94. The van der Waals surface area contributed by atoms with Crippen LogP contribution in [0.5, 0.6) is 5.75 Å². The molecule has 0 fully saturated rings. The molecule has 0 aliphatic carbocycles. The van der Waals surface area contributed by atoms with E-state index in [1.807, 2.05) is 24.3 Å². The topological polar surface area (TPSA) is 37.4 Å². The molecule has 0 aliphatic heterocycles. The molecule has 1 heterocycles. The van der Waals surface area contributed by atoms with Gasteiger partial charge in [0.1, 0.15) is 5.75 Å². The molecule has 2 aromatic carbocycles. The number of methoxy groups -OCH3 is 1. The number of hydrogen-bond acceptors (Lipinski definition) is 4.